The Morgan fingerprint density at radius 3 is 2.68 bits per heavy atom. The lowest BCUT2D eigenvalue weighted by atomic mass is 10.2. The predicted molar refractivity (Wildman–Crippen MR) is 79.5 cm³/mol. The van der Waals surface area contributed by atoms with E-state index in [9.17, 15) is 0 Å². The molecule has 3 nitrogen and oxygen atoms in total. The third-order valence-electron chi connectivity index (χ3n) is 3.13. The summed E-state index contributed by atoms with van der Waals surface area (Å²) in [5.41, 5.74) is 8.18. The average molecular weight is 253 g/mol. The molecule has 3 heteroatoms. The first-order valence-corrected chi connectivity index (χ1v) is 6.61. The van der Waals surface area contributed by atoms with E-state index in [1.54, 1.807) is 0 Å². The van der Waals surface area contributed by atoms with Crippen molar-refractivity contribution in [2.45, 2.75) is 32.7 Å². The molecule has 0 amide bonds. The van der Waals surface area contributed by atoms with E-state index in [0.717, 1.165) is 36.3 Å². The standard InChI is InChI=1S/C16H19N3/c1-3-5-11-14-15(17)19(12-4-2)16(18-14)13-9-7-6-8-10-13/h2,6-10H,3,5,11-12,17H2,1H3. The molecule has 19 heavy (non-hydrogen) atoms. The third kappa shape index (κ3) is 2.79. The summed E-state index contributed by atoms with van der Waals surface area (Å²) in [6.45, 7) is 2.61. The number of anilines is 1. The van der Waals surface area contributed by atoms with Gasteiger partial charge in [0.15, 0.2) is 0 Å². The van der Waals surface area contributed by atoms with Crippen LogP contribution >= 0.6 is 0 Å². The number of aromatic nitrogens is 2. The molecule has 0 aliphatic carbocycles. The van der Waals surface area contributed by atoms with Gasteiger partial charge in [0.05, 0.1) is 12.2 Å². The Morgan fingerprint density at radius 1 is 1.32 bits per heavy atom. The maximum Gasteiger partial charge on any atom is 0.142 e. The van der Waals surface area contributed by atoms with E-state index in [1.165, 1.54) is 0 Å². The van der Waals surface area contributed by atoms with Gasteiger partial charge in [-0.15, -0.1) is 6.42 Å². The molecule has 0 aliphatic rings. The van der Waals surface area contributed by atoms with E-state index in [2.05, 4.69) is 17.8 Å². The van der Waals surface area contributed by atoms with Crippen molar-refractivity contribution in [1.29, 1.82) is 0 Å². The molecule has 0 aliphatic heterocycles. The summed E-state index contributed by atoms with van der Waals surface area (Å²) in [6.07, 6.45) is 8.55. The van der Waals surface area contributed by atoms with Crippen molar-refractivity contribution in [3.05, 3.63) is 36.0 Å². The van der Waals surface area contributed by atoms with Crippen molar-refractivity contribution in [1.82, 2.24) is 9.55 Å². The van der Waals surface area contributed by atoms with Gasteiger partial charge in [0, 0.05) is 5.56 Å². The molecule has 0 atom stereocenters. The number of benzene rings is 1. The second kappa shape index (κ2) is 6.10. The Bertz CT molecular complexity index is 576. The molecular weight excluding hydrogens is 234 g/mol. The second-order valence-electron chi connectivity index (χ2n) is 4.53. The fourth-order valence-corrected chi connectivity index (χ4v) is 2.10. The van der Waals surface area contributed by atoms with Crippen molar-refractivity contribution in [2.24, 2.45) is 0 Å². The monoisotopic (exact) mass is 253 g/mol. The zero-order valence-corrected chi connectivity index (χ0v) is 11.3. The van der Waals surface area contributed by atoms with Crippen LogP contribution in [0.4, 0.5) is 5.82 Å². The number of nitrogens with zero attached hydrogens (tertiary/aromatic N) is 2. The number of unbranched alkanes of at least 4 members (excludes halogenated alkanes) is 1. The Hall–Kier alpha value is -2.21. The van der Waals surface area contributed by atoms with Crippen LogP contribution in [0.25, 0.3) is 11.4 Å². The lowest BCUT2D eigenvalue weighted by Gasteiger charge is -2.05. The lowest BCUT2D eigenvalue weighted by Crippen LogP contribution is -2.04. The number of rotatable bonds is 5. The fraction of sp³-hybridized carbons (Fsp3) is 0.312. The predicted octanol–water partition coefficient (Wildman–Crippen LogP) is 3.11. The molecule has 0 spiro atoms. The summed E-state index contributed by atoms with van der Waals surface area (Å²) < 4.78 is 1.92. The Balaban J connectivity index is 2.45. The Labute approximate surface area is 114 Å². The highest BCUT2D eigenvalue weighted by Gasteiger charge is 2.14. The van der Waals surface area contributed by atoms with Crippen molar-refractivity contribution in [3.8, 4) is 23.7 Å². The normalized spacial score (nSPS) is 10.3. The zero-order valence-electron chi connectivity index (χ0n) is 11.3. The minimum absolute atomic E-state index is 0.454. The zero-order chi connectivity index (χ0) is 13.7. The lowest BCUT2D eigenvalue weighted by molar-refractivity contribution is 0.781. The number of imidazole rings is 1. The highest BCUT2D eigenvalue weighted by atomic mass is 15.1. The summed E-state index contributed by atoms with van der Waals surface area (Å²) in [6, 6.07) is 10.0. The Kier molecular flexibility index (Phi) is 4.25. The molecular formula is C16H19N3. The smallest absolute Gasteiger partial charge is 0.142 e. The van der Waals surface area contributed by atoms with Gasteiger partial charge in [-0.2, -0.15) is 0 Å². The number of terminal acetylenes is 1. The van der Waals surface area contributed by atoms with Crippen LogP contribution in [0.15, 0.2) is 30.3 Å². The van der Waals surface area contributed by atoms with E-state index in [1.807, 2.05) is 34.9 Å². The molecule has 0 radical (unpaired) electrons. The van der Waals surface area contributed by atoms with Crippen LogP contribution in [0.1, 0.15) is 25.5 Å². The largest absolute Gasteiger partial charge is 0.384 e. The molecule has 98 valence electrons. The van der Waals surface area contributed by atoms with E-state index >= 15 is 0 Å². The summed E-state index contributed by atoms with van der Waals surface area (Å²) in [5, 5.41) is 0. The van der Waals surface area contributed by atoms with Crippen molar-refractivity contribution in [2.75, 3.05) is 5.73 Å². The highest BCUT2D eigenvalue weighted by molar-refractivity contribution is 5.60. The number of hydrogen-bond donors (Lipinski definition) is 1. The molecule has 2 aromatic rings. The van der Waals surface area contributed by atoms with Gasteiger partial charge in [0.2, 0.25) is 0 Å². The molecule has 1 heterocycles. The molecule has 0 fully saturated rings. The second-order valence-corrected chi connectivity index (χ2v) is 4.53. The maximum atomic E-state index is 6.17. The van der Waals surface area contributed by atoms with Crippen LogP contribution in [0.3, 0.4) is 0 Å². The first-order valence-electron chi connectivity index (χ1n) is 6.61. The van der Waals surface area contributed by atoms with Gasteiger partial charge >= 0.3 is 0 Å². The topological polar surface area (TPSA) is 43.8 Å². The molecule has 2 N–H and O–H groups in total. The summed E-state index contributed by atoms with van der Waals surface area (Å²) in [7, 11) is 0. The van der Waals surface area contributed by atoms with Crippen LogP contribution in [0, 0.1) is 12.3 Å². The third-order valence-corrected chi connectivity index (χ3v) is 3.13. The van der Waals surface area contributed by atoms with Gasteiger partial charge in [0.1, 0.15) is 11.6 Å². The molecule has 0 saturated carbocycles. The number of nitrogen functional groups attached to an aromatic ring is 1. The van der Waals surface area contributed by atoms with Crippen molar-refractivity contribution >= 4 is 5.82 Å². The quantitative estimate of drug-likeness (QED) is 0.832. The van der Waals surface area contributed by atoms with Crippen molar-refractivity contribution < 1.29 is 0 Å². The average Bonchev–Trinajstić information content (AvgIpc) is 2.75. The van der Waals surface area contributed by atoms with E-state index in [4.69, 9.17) is 12.2 Å². The van der Waals surface area contributed by atoms with Gasteiger partial charge in [-0.1, -0.05) is 49.6 Å². The molecule has 1 aromatic carbocycles. The first kappa shape index (κ1) is 13.2. The van der Waals surface area contributed by atoms with Gasteiger partial charge in [-0.05, 0) is 12.8 Å². The fourth-order valence-electron chi connectivity index (χ4n) is 2.10. The summed E-state index contributed by atoms with van der Waals surface area (Å²) >= 11 is 0. The maximum absolute atomic E-state index is 6.17. The summed E-state index contributed by atoms with van der Waals surface area (Å²) in [5.74, 6) is 4.21. The van der Waals surface area contributed by atoms with Crippen LogP contribution in [-0.2, 0) is 13.0 Å². The van der Waals surface area contributed by atoms with Crippen LogP contribution < -0.4 is 5.73 Å². The molecule has 2 rings (SSSR count). The van der Waals surface area contributed by atoms with E-state index in [0.29, 0.717) is 12.4 Å². The molecule has 1 aromatic heterocycles. The van der Waals surface area contributed by atoms with E-state index < -0.39 is 0 Å². The van der Waals surface area contributed by atoms with Crippen LogP contribution in [0.5, 0.6) is 0 Å². The molecule has 0 bridgehead atoms. The van der Waals surface area contributed by atoms with Gasteiger partial charge < -0.3 is 5.73 Å². The minimum atomic E-state index is 0.454. The van der Waals surface area contributed by atoms with Crippen LogP contribution in [0.2, 0.25) is 0 Å². The van der Waals surface area contributed by atoms with Gasteiger partial charge in [-0.25, -0.2) is 4.98 Å². The number of hydrogen-bond acceptors (Lipinski definition) is 2. The Morgan fingerprint density at radius 2 is 2.05 bits per heavy atom. The van der Waals surface area contributed by atoms with Gasteiger partial charge in [0.25, 0.3) is 0 Å². The number of aryl methyl sites for hydroxylation is 1. The van der Waals surface area contributed by atoms with E-state index in [-0.39, 0.29) is 0 Å². The summed E-state index contributed by atoms with van der Waals surface area (Å²) in [4.78, 5) is 4.68. The van der Waals surface area contributed by atoms with Gasteiger partial charge in [-0.3, -0.25) is 4.57 Å². The first-order chi connectivity index (χ1) is 9.27. The van der Waals surface area contributed by atoms with Crippen molar-refractivity contribution in [3.63, 3.8) is 0 Å². The SMILES string of the molecule is C#CCn1c(-c2ccccc2)nc(CCCC)c1N. The highest BCUT2D eigenvalue weighted by Crippen LogP contribution is 2.25. The number of nitrogens with two attached hydrogens (primary N) is 1. The molecule has 0 saturated heterocycles. The molecule has 0 unspecified atom stereocenters. The van der Waals surface area contributed by atoms with Crippen LogP contribution in [-0.4, -0.2) is 9.55 Å². The minimum Gasteiger partial charge on any atom is -0.384 e.